The van der Waals surface area contributed by atoms with Gasteiger partial charge in [-0.15, -0.1) is 24.8 Å². The lowest BCUT2D eigenvalue weighted by Gasteiger charge is -2.20. The van der Waals surface area contributed by atoms with Crippen LogP contribution in [0.5, 0.6) is 0 Å². The van der Waals surface area contributed by atoms with Gasteiger partial charge in [0.05, 0.1) is 0 Å². The van der Waals surface area contributed by atoms with Gasteiger partial charge in [-0.1, -0.05) is 48.5 Å². The van der Waals surface area contributed by atoms with Gasteiger partial charge in [-0.2, -0.15) is 0 Å². The average molecular weight is 560 g/mol. The predicted molar refractivity (Wildman–Crippen MR) is 174 cm³/mol. The van der Waals surface area contributed by atoms with Gasteiger partial charge in [-0.25, -0.2) is 0 Å². The number of nitrogen functional groups attached to an aromatic ring is 1. The Kier molecular flexibility index (Phi) is 8.94. The van der Waals surface area contributed by atoms with Crippen molar-refractivity contribution < 1.29 is 4.42 Å². The first-order chi connectivity index (χ1) is 18.2. The molecule has 2 N–H and O–H groups in total. The van der Waals surface area contributed by atoms with E-state index in [2.05, 4.69) is 85.5 Å². The number of halogens is 2. The van der Waals surface area contributed by atoms with Crippen LogP contribution in [0.25, 0.3) is 43.5 Å². The molecule has 3 nitrogen and oxygen atoms in total. The van der Waals surface area contributed by atoms with Crippen LogP contribution in [-0.4, -0.2) is 13.1 Å². The molecule has 39 heavy (non-hydrogen) atoms. The van der Waals surface area contributed by atoms with Crippen molar-refractivity contribution in [2.75, 3.05) is 23.7 Å². The van der Waals surface area contributed by atoms with E-state index in [4.69, 9.17) is 10.2 Å². The Morgan fingerprint density at radius 3 is 2.21 bits per heavy atom. The van der Waals surface area contributed by atoms with E-state index < -0.39 is 0 Å². The fourth-order valence-electron chi connectivity index (χ4n) is 5.92. The van der Waals surface area contributed by atoms with Gasteiger partial charge in [-0.3, -0.25) is 0 Å². The molecule has 5 heteroatoms. The smallest absolute Gasteiger partial charge is 0.135 e. The first-order valence-electron chi connectivity index (χ1n) is 13.5. The number of aryl methyl sites for hydroxylation is 2. The van der Waals surface area contributed by atoms with Gasteiger partial charge >= 0.3 is 0 Å². The number of nitrogens with zero attached hydrogens (tertiary/aromatic N) is 1. The fourth-order valence-corrected chi connectivity index (χ4v) is 5.92. The second-order valence-corrected chi connectivity index (χ2v) is 10.0. The van der Waals surface area contributed by atoms with E-state index in [1.165, 1.54) is 63.7 Å². The molecular formula is C34H36Cl2N2O. The van der Waals surface area contributed by atoms with Crippen molar-refractivity contribution in [3.8, 4) is 0 Å². The van der Waals surface area contributed by atoms with Crippen molar-refractivity contribution in [3.63, 3.8) is 0 Å². The molecule has 0 fully saturated rings. The molecule has 1 aliphatic rings. The number of benzene rings is 5. The van der Waals surface area contributed by atoms with E-state index in [1.807, 2.05) is 18.2 Å². The Morgan fingerprint density at radius 1 is 0.667 bits per heavy atom. The van der Waals surface area contributed by atoms with Gasteiger partial charge in [0, 0.05) is 35.2 Å². The molecule has 0 radical (unpaired) electrons. The topological polar surface area (TPSA) is 42.4 Å². The standard InChI is InChI=1S/C18H17N.C16H17NO.2ClH/c19-14-7-10-16-13(11-14)6-9-17-15-4-2-1-3-12(15)5-8-18(16)17;1-3-17(4-2)12-9-10-16-14(11-12)13-7-5-6-8-15(13)18-16;;/h5-11H,1-4,19H2;5-11H,3-4H2,1-2H3;2*1H. The summed E-state index contributed by atoms with van der Waals surface area (Å²) in [5.74, 6) is 0. The number of rotatable bonds is 3. The molecule has 7 rings (SSSR count). The van der Waals surface area contributed by atoms with Crippen LogP contribution in [-0.2, 0) is 12.8 Å². The van der Waals surface area contributed by atoms with Crippen molar-refractivity contribution in [1.29, 1.82) is 0 Å². The SMILES string of the molecule is CCN(CC)c1ccc2oc3ccccc3c2c1.Cl.Cl.Nc1ccc2c(ccc3c4c(ccc32)CCCC4)c1. The highest BCUT2D eigenvalue weighted by Gasteiger charge is 2.13. The lowest BCUT2D eigenvalue weighted by molar-refractivity contribution is 0.669. The number of hydrogen-bond donors (Lipinski definition) is 1. The summed E-state index contributed by atoms with van der Waals surface area (Å²) in [6.07, 6.45) is 5.13. The molecule has 1 aromatic heterocycles. The second-order valence-electron chi connectivity index (χ2n) is 10.0. The van der Waals surface area contributed by atoms with Crippen molar-refractivity contribution in [3.05, 3.63) is 96.1 Å². The largest absolute Gasteiger partial charge is 0.456 e. The zero-order valence-electron chi connectivity index (χ0n) is 22.6. The summed E-state index contributed by atoms with van der Waals surface area (Å²) in [7, 11) is 0. The quantitative estimate of drug-likeness (QED) is 0.173. The summed E-state index contributed by atoms with van der Waals surface area (Å²) in [5, 5.41) is 7.77. The maximum absolute atomic E-state index is 5.88. The summed E-state index contributed by atoms with van der Waals surface area (Å²) >= 11 is 0. The van der Waals surface area contributed by atoms with Gasteiger partial charge in [0.1, 0.15) is 11.2 Å². The third-order valence-corrected chi connectivity index (χ3v) is 7.86. The average Bonchev–Trinajstić information content (AvgIpc) is 3.32. The number of furan rings is 1. The third-order valence-electron chi connectivity index (χ3n) is 7.86. The Labute approximate surface area is 242 Å². The van der Waals surface area contributed by atoms with Crippen LogP contribution in [0.1, 0.15) is 37.8 Å². The normalized spacial score (nSPS) is 12.4. The minimum Gasteiger partial charge on any atom is -0.456 e. The molecule has 0 aliphatic heterocycles. The summed E-state index contributed by atoms with van der Waals surface area (Å²) in [5.41, 5.74) is 13.0. The van der Waals surface area contributed by atoms with Crippen LogP contribution in [0.15, 0.2) is 89.3 Å². The van der Waals surface area contributed by atoms with E-state index in [1.54, 1.807) is 11.1 Å². The second kappa shape index (κ2) is 12.2. The van der Waals surface area contributed by atoms with Gasteiger partial charge < -0.3 is 15.1 Å². The molecule has 1 heterocycles. The summed E-state index contributed by atoms with van der Waals surface area (Å²) in [4.78, 5) is 2.35. The van der Waals surface area contributed by atoms with E-state index in [-0.39, 0.29) is 24.8 Å². The third kappa shape index (κ3) is 5.39. The van der Waals surface area contributed by atoms with Crippen LogP contribution in [0.4, 0.5) is 11.4 Å². The van der Waals surface area contributed by atoms with Crippen molar-refractivity contribution >= 4 is 79.7 Å². The maximum atomic E-state index is 5.88. The highest BCUT2D eigenvalue weighted by atomic mass is 35.5. The van der Waals surface area contributed by atoms with Crippen LogP contribution in [0, 0.1) is 0 Å². The molecule has 0 amide bonds. The monoisotopic (exact) mass is 558 g/mol. The number of anilines is 2. The molecule has 0 saturated heterocycles. The number of para-hydroxylation sites is 1. The van der Waals surface area contributed by atoms with E-state index in [9.17, 15) is 0 Å². The minimum absolute atomic E-state index is 0. The molecule has 5 aromatic carbocycles. The van der Waals surface area contributed by atoms with Gasteiger partial charge in [0.2, 0.25) is 0 Å². The Bertz CT molecular complexity index is 1740. The molecule has 0 atom stereocenters. The first-order valence-corrected chi connectivity index (χ1v) is 13.5. The van der Waals surface area contributed by atoms with Crippen LogP contribution in [0.3, 0.4) is 0 Å². The Morgan fingerprint density at radius 2 is 1.38 bits per heavy atom. The van der Waals surface area contributed by atoms with Crippen LogP contribution < -0.4 is 10.6 Å². The van der Waals surface area contributed by atoms with Crippen molar-refractivity contribution in [2.24, 2.45) is 0 Å². The van der Waals surface area contributed by atoms with Gasteiger partial charge in [0.25, 0.3) is 0 Å². The first kappa shape index (κ1) is 28.6. The van der Waals surface area contributed by atoms with E-state index in [0.717, 1.165) is 29.9 Å². The molecule has 202 valence electrons. The maximum Gasteiger partial charge on any atom is 0.135 e. The summed E-state index contributed by atoms with van der Waals surface area (Å²) in [6, 6.07) is 30.0. The summed E-state index contributed by atoms with van der Waals surface area (Å²) in [6.45, 7) is 6.41. The molecule has 1 aliphatic carbocycles. The zero-order chi connectivity index (χ0) is 25.4. The van der Waals surface area contributed by atoms with Gasteiger partial charge in [-0.05, 0) is 109 Å². The molecule has 0 spiro atoms. The fraction of sp³-hybridized carbons (Fsp3) is 0.235. The molecule has 0 bridgehead atoms. The highest BCUT2D eigenvalue weighted by Crippen LogP contribution is 2.34. The summed E-state index contributed by atoms with van der Waals surface area (Å²) < 4.78 is 5.84. The van der Waals surface area contributed by atoms with E-state index in [0.29, 0.717) is 0 Å². The highest BCUT2D eigenvalue weighted by molar-refractivity contribution is 6.09. The molecular weight excluding hydrogens is 523 g/mol. The van der Waals surface area contributed by atoms with Crippen LogP contribution in [0.2, 0.25) is 0 Å². The predicted octanol–water partition coefficient (Wildman–Crippen LogP) is 9.73. The number of hydrogen-bond acceptors (Lipinski definition) is 3. The molecule has 0 unspecified atom stereocenters. The zero-order valence-corrected chi connectivity index (χ0v) is 24.2. The van der Waals surface area contributed by atoms with Crippen molar-refractivity contribution in [1.82, 2.24) is 0 Å². The minimum atomic E-state index is 0. The Balaban J connectivity index is 0.000000172. The lowest BCUT2D eigenvalue weighted by Crippen LogP contribution is -2.21. The van der Waals surface area contributed by atoms with Crippen LogP contribution >= 0.6 is 24.8 Å². The number of fused-ring (bicyclic) bond motifs is 8. The lowest BCUT2D eigenvalue weighted by atomic mass is 9.86. The number of nitrogens with two attached hydrogens (primary N) is 1. The molecule has 6 aromatic rings. The van der Waals surface area contributed by atoms with Gasteiger partial charge in [0.15, 0.2) is 0 Å². The van der Waals surface area contributed by atoms with E-state index >= 15 is 0 Å². The molecule has 0 saturated carbocycles. The Hall–Kier alpha value is -3.40. The van der Waals surface area contributed by atoms with Crippen molar-refractivity contribution in [2.45, 2.75) is 39.5 Å².